The van der Waals surface area contributed by atoms with Crippen LogP contribution < -0.4 is 5.32 Å². The molecule has 0 aliphatic heterocycles. The summed E-state index contributed by atoms with van der Waals surface area (Å²) in [6.45, 7) is 0. The van der Waals surface area contributed by atoms with E-state index in [1.807, 2.05) is 12.1 Å². The summed E-state index contributed by atoms with van der Waals surface area (Å²) in [6, 6.07) is 13.7. The number of carbonyl (C=O) groups is 4. The first-order valence-corrected chi connectivity index (χ1v) is 15.3. The molecule has 0 saturated heterocycles. The maximum atomic E-state index is 13.6. The molecule has 3 N–H and O–H groups in total. The summed E-state index contributed by atoms with van der Waals surface area (Å²) < 4.78 is 0. The first-order valence-electron chi connectivity index (χ1n) is 15.3. The molecule has 0 radical (unpaired) electrons. The Balaban J connectivity index is 1.48. The van der Waals surface area contributed by atoms with Crippen LogP contribution in [0.3, 0.4) is 0 Å². The van der Waals surface area contributed by atoms with Gasteiger partial charge in [-0.2, -0.15) is 0 Å². The largest absolute Gasteiger partial charge is 0.478 e. The van der Waals surface area contributed by atoms with Gasteiger partial charge in [-0.1, -0.05) is 68.9 Å². The molecule has 2 fully saturated rings. The van der Waals surface area contributed by atoms with Crippen LogP contribution in [0.1, 0.15) is 106 Å². The molecule has 7 rings (SSSR count). The van der Waals surface area contributed by atoms with Crippen molar-refractivity contribution in [1.29, 1.82) is 0 Å². The molecule has 0 spiro atoms. The number of hydrogen-bond acceptors (Lipinski definition) is 4. The lowest BCUT2D eigenvalue weighted by atomic mass is 9.83. The van der Waals surface area contributed by atoms with Crippen molar-refractivity contribution in [3.8, 4) is 0 Å². The molecule has 5 aromatic carbocycles. The van der Waals surface area contributed by atoms with Crippen molar-refractivity contribution in [1.82, 2.24) is 5.32 Å². The van der Waals surface area contributed by atoms with Crippen LogP contribution in [0.5, 0.6) is 0 Å². The van der Waals surface area contributed by atoms with Crippen LogP contribution in [0.4, 0.5) is 0 Å². The third-order valence-corrected chi connectivity index (χ3v) is 9.85. The summed E-state index contributed by atoms with van der Waals surface area (Å²) in [5.74, 6) is -2.05. The number of hydrogen-bond donors (Lipinski definition) is 3. The number of carbonyl (C=O) groups excluding carboxylic acids is 2. The Morgan fingerprint density at radius 2 is 1.02 bits per heavy atom. The normalized spacial score (nSPS) is 16.2. The molecule has 43 heavy (non-hydrogen) atoms. The van der Waals surface area contributed by atoms with Gasteiger partial charge in [0.05, 0.1) is 11.1 Å². The molecule has 7 nitrogen and oxygen atoms in total. The second kappa shape index (κ2) is 10.6. The molecule has 7 heteroatoms. The third kappa shape index (κ3) is 4.49. The van der Waals surface area contributed by atoms with Gasteiger partial charge in [0.15, 0.2) is 5.78 Å². The number of carboxylic acid groups (broad SMARTS) is 2. The number of Topliss-reactive ketones (excluding diaryl/α,β-unsaturated/α-hetero) is 1. The zero-order chi connectivity index (χ0) is 29.8. The van der Waals surface area contributed by atoms with Crippen LogP contribution >= 0.6 is 0 Å². The molecule has 2 aliphatic carbocycles. The second-order valence-electron chi connectivity index (χ2n) is 12.3. The number of carboxylic acids is 2. The van der Waals surface area contributed by atoms with E-state index in [0.29, 0.717) is 45.0 Å². The van der Waals surface area contributed by atoms with Gasteiger partial charge in [-0.25, -0.2) is 9.59 Å². The summed E-state index contributed by atoms with van der Waals surface area (Å²) in [7, 11) is 0. The fraction of sp³-hybridized carbons (Fsp3) is 0.333. The molecule has 218 valence electrons. The highest BCUT2D eigenvalue weighted by Gasteiger charge is 2.27. The van der Waals surface area contributed by atoms with Gasteiger partial charge < -0.3 is 15.5 Å². The van der Waals surface area contributed by atoms with Gasteiger partial charge in [-0.3, -0.25) is 9.59 Å². The predicted octanol–water partition coefficient (Wildman–Crippen LogP) is 7.96. The van der Waals surface area contributed by atoms with Crippen molar-refractivity contribution >= 4 is 66.7 Å². The number of aromatic carboxylic acids is 2. The predicted molar refractivity (Wildman–Crippen MR) is 167 cm³/mol. The number of ketones is 1. The Hall–Kier alpha value is -4.52. The lowest BCUT2D eigenvalue weighted by Gasteiger charge is -2.20. The van der Waals surface area contributed by atoms with E-state index >= 15 is 0 Å². The van der Waals surface area contributed by atoms with Crippen molar-refractivity contribution in [2.24, 2.45) is 5.92 Å². The van der Waals surface area contributed by atoms with E-state index < -0.39 is 11.9 Å². The summed E-state index contributed by atoms with van der Waals surface area (Å²) in [5.41, 5.74) is 0.827. The van der Waals surface area contributed by atoms with Gasteiger partial charge in [-0.15, -0.1) is 0 Å². The molecular weight excluding hydrogens is 542 g/mol. The first-order chi connectivity index (χ1) is 20.8. The fourth-order valence-corrected chi connectivity index (χ4v) is 7.77. The van der Waals surface area contributed by atoms with E-state index in [2.05, 4.69) is 5.32 Å². The average molecular weight is 576 g/mol. The Morgan fingerprint density at radius 3 is 1.53 bits per heavy atom. The van der Waals surface area contributed by atoms with Gasteiger partial charge in [0.1, 0.15) is 0 Å². The Bertz CT molecular complexity index is 1940. The fourth-order valence-electron chi connectivity index (χ4n) is 7.77. The van der Waals surface area contributed by atoms with Gasteiger partial charge in [0.25, 0.3) is 5.91 Å². The lowest BCUT2D eigenvalue weighted by Crippen LogP contribution is -2.32. The summed E-state index contributed by atoms with van der Waals surface area (Å²) >= 11 is 0. The second-order valence-corrected chi connectivity index (χ2v) is 12.3. The SMILES string of the molecule is O=C(O)c1ccc2c3ccc(C(=O)NC4CCCC4)c4c(C(=O)O)ccc(c5ccc(C(=O)CCC6CCCC6)c1c52)c43. The zero-order valence-electron chi connectivity index (χ0n) is 23.9. The average Bonchev–Trinajstić information content (AvgIpc) is 3.72. The highest BCUT2D eigenvalue weighted by molar-refractivity contribution is 6.38. The monoisotopic (exact) mass is 575 g/mol. The van der Waals surface area contributed by atoms with Crippen molar-refractivity contribution < 1.29 is 29.4 Å². The maximum Gasteiger partial charge on any atom is 0.336 e. The van der Waals surface area contributed by atoms with Crippen LogP contribution in [0.25, 0.3) is 43.1 Å². The van der Waals surface area contributed by atoms with Crippen molar-refractivity contribution in [2.45, 2.75) is 70.3 Å². The third-order valence-electron chi connectivity index (χ3n) is 9.85. The first kappa shape index (κ1) is 27.3. The summed E-state index contributed by atoms with van der Waals surface area (Å²) in [4.78, 5) is 52.1. The van der Waals surface area contributed by atoms with Crippen LogP contribution in [0.15, 0.2) is 48.5 Å². The number of fused-ring (bicyclic) bond motifs is 2. The molecule has 5 aromatic rings. The topological polar surface area (TPSA) is 121 Å². The van der Waals surface area contributed by atoms with Gasteiger partial charge in [0, 0.05) is 34.4 Å². The molecule has 0 atom stereocenters. The zero-order valence-corrected chi connectivity index (χ0v) is 23.9. The smallest absolute Gasteiger partial charge is 0.336 e. The van der Waals surface area contributed by atoms with Crippen LogP contribution in [-0.4, -0.2) is 39.9 Å². The van der Waals surface area contributed by atoms with Crippen molar-refractivity contribution in [2.75, 3.05) is 0 Å². The molecule has 0 bridgehead atoms. The highest BCUT2D eigenvalue weighted by atomic mass is 16.4. The van der Waals surface area contributed by atoms with E-state index in [1.165, 1.54) is 25.0 Å². The molecule has 0 unspecified atom stereocenters. The molecular formula is C36H33NO6. The molecule has 1 amide bonds. The molecule has 2 aliphatic rings. The molecule has 0 heterocycles. The highest BCUT2D eigenvalue weighted by Crippen LogP contribution is 2.44. The molecule has 2 saturated carbocycles. The molecule has 0 aromatic heterocycles. The Labute approximate surface area is 248 Å². The van der Waals surface area contributed by atoms with E-state index in [9.17, 15) is 29.4 Å². The number of benzene rings is 5. The Kier molecular flexibility index (Phi) is 6.76. The van der Waals surface area contributed by atoms with Gasteiger partial charge >= 0.3 is 11.9 Å². The van der Waals surface area contributed by atoms with Gasteiger partial charge in [-0.05, 0) is 75.7 Å². The lowest BCUT2D eigenvalue weighted by molar-refractivity contribution is 0.0688. The van der Waals surface area contributed by atoms with Crippen molar-refractivity contribution in [3.05, 3.63) is 70.8 Å². The Morgan fingerprint density at radius 1 is 0.581 bits per heavy atom. The number of amides is 1. The quantitative estimate of drug-likeness (QED) is 0.0981. The van der Waals surface area contributed by atoms with E-state index in [0.717, 1.165) is 66.5 Å². The number of nitrogens with one attached hydrogen (secondary N) is 1. The van der Waals surface area contributed by atoms with Crippen molar-refractivity contribution in [3.63, 3.8) is 0 Å². The van der Waals surface area contributed by atoms with Crippen LogP contribution in [0, 0.1) is 5.92 Å². The van der Waals surface area contributed by atoms with Crippen LogP contribution in [-0.2, 0) is 0 Å². The van der Waals surface area contributed by atoms with E-state index in [1.54, 1.807) is 24.3 Å². The standard InChI is InChI=1S/C36H33NO6/c38-29(18-9-19-5-1-2-6-19)25-14-10-21-24-13-17-28(36(42)43)33-26(34(39)37-20-7-3-4-8-20)15-11-22(31(24)33)23-12-16-27(35(40)41)32(25)30(21)23/h10-17,19-20H,1-9,18H2,(H,37,39)(H,40,41)(H,42,43). The minimum Gasteiger partial charge on any atom is -0.478 e. The van der Waals surface area contributed by atoms with Crippen LogP contribution in [0.2, 0.25) is 0 Å². The summed E-state index contributed by atoms with van der Waals surface area (Å²) in [5, 5.41) is 28.5. The maximum absolute atomic E-state index is 13.6. The summed E-state index contributed by atoms with van der Waals surface area (Å²) in [6.07, 6.45) is 9.76. The van der Waals surface area contributed by atoms with E-state index in [4.69, 9.17) is 0 Å². The minimum absolute atomic E-state index is 0.0396. The number of rotatable bonds is 8. The minimum atomic E-state index is -1.13. The van der Waals surface area contributed by atoms with Gasteiger partial charge in [0.2, 0.25) is 0 Å². The van der Waals surface area contributed by atoms with E-state index in [-0.39, 0.29) is 28.9 Å².